The van der Waals surface area contributed by atoms with Crippen LogP contribution in [0.3, 0.4) is 0 Å². The van der Waals surface area contributed by atoms with Gasteiger partial charge in [-0.3, -0.25) is 0 Å². The Hall–Kier alpha value is -1.32. The molecule has 0 aliphatic heterocycles. The highest BCUT2D eigenvalue weighted by Crippen LogP contribution is 2.11. The molecule has 0 atom stereocenters. The zero-order valence-corrected chi connectivity index (χ0v) is 9.61. The van der Waals surface area contributed by atoms with Crippen LogP contribution < -0.4 is 15.8 Å². The van der Waals surface area contributed by atoms with Crippen LogP contribution in [0.25, 0.3) is 0 Å². The van der Waals surface area contributed by atoms with Crippen LogP contribution in [0, 0.1) is 0 Å². The molecule has 16 heavy (non-hydrogen) atoms. The number of ether oxygens (including phenoxy) is 1. The number of hydrogen-bond donors (Lipinski definition) is 2. The fraction of sp³-hybridized carbons (Fsp3) is 0.385. The van der Waals surface area contributed by atoms with Gasteiger partial charge in [0.15, 0.2) is 0 Å². The van der Waals surface area contributed by atoms with E-state index in [4.69, 9.17) is 10.5 Å². The molecule has 0 aliphatic rings. The zero-order chi connectivity index (χ0) is 11.6. The summed E-state index contributed by atoms with van der Waals surface area (Å²) in [6.07, 6.45) is 2.85. The summed E-state index contributed by atoms with van der Waals surface area (Å²) in [6, 6.07) is 7.90. The van der Waals surface area contributed by atoms with Gasteiger partial charge in [-0.15, -0.1) is 6.58 Å². The second-order valence-corrected chi connectivity index (χ2v) is 3.54. The van der Waals surface area contributed by atoms with Crippen LogP contribution in [0.4, 0.5) is 0 Å². The Kier molecular flexibility index (Phi) is 6.30. The molecule has 88 valence electrons. The lowest BCUT2D eigenvalue weighted by molar-refractivity contribution is 0.309. The minimum Gasteiger partial charge on any atom is -0.494 e. The third kappa shape index (κ3) is 4.96. The van der Waals surface area contributed by atoms with E-state index in [1.165, 1.54) is 0 Å². The topological polar surface area (TPSA) is 47.3 Å². The molecular weight excluding hydrogens is 200 g/mol. The molecule has 0 aliphatic carbocycles. The van der Waals surface area contributed by atoms with E-state index in [-0.39, 0.29) is 0 Å². The van der Waals surface area contributed by atoms with Crippen LogP contribution in [-0.4, -0.2) is 19.7 Å². The molecule has 1 aromatic carbocycles. The van der Waals surface area contributed by atoms with Crippen molar-refractivity contribution < 1.29 is 4.74 Å². The molecule has 1 rings (SSSR count). The third-order valence-corrected chi connectivity index (χ3v) is 2.21. The van der Waals surface area contributed by atoms with Crippen molar-refractivity contribution in [2.75, 3.05) is 19.7 Å². The van der Waals surface area contributed by atoms with Crippen molar-refractivity contribution in [2.24, 2.45) is 5.73 Å². The Morgan fingerprint density at radius 1 is 1.31 bits per heavy atom. The van der Waals surface area contributed by atoms with Gasteiger partial charge in [0.25, 0.3) is 0 Å². The summed E-state index contributed by atoms with van der Waals surface area (Å²) in [7, 11) is 0. The molecule has 0 unspecified atom stereocenters. The molecule has 0 fully saturated rings. The van der Waals surface area contributed by atoms with Crippen molar-refractivity contribution in [3.8, 4) is 5.75 Å². The number of rotatable bonds is 8. The molecule has 0 saturated heterocycles. The van der Waals surface area contributed by atoms with Gasteiger partial charge in [0.05, 0.1) is 6.61 Å². The fourth-order valence-corrected chi connectivity index (χ4v) is 1.31. The van der Waals surface area contributed by atoms with Crippen molar-refractivity contribution in [3.05, 3.63) is 42.5 Å². The minimum atomic E-state index is 0.575. The van der Waals surface area contributed by atoms with Gasteiger partial charge in [0.2, 0.25) is 0 Å². The van der Waals surface area contributed by atoms with E-state index < -0.39 is 0 Å². The number of nitrogens with one attached hydrogen (secondary N) is 1. The Bertz CT molecular complexity index is 295. The number of hydrogen-bond acceptors (Lipinski definition) is 3. The highest BCUT2D eigenvalue weighted by Gasteiger charge is 1.94. The minimum absolute atomic E-state index is 0.575. The summed E-state index contributed by atoms with van der Waals surface area (Å²) in [5.41, 5.74) is 6.64. The molecule has 3 N–H and O–H groups in total. The number of benzene rings is 1. The van der Waals surface area contributed by atoms with Gasteiger partial charge in [-0.05, 0) is 30.7 Å². The van der Waals surface area contributed by atoms with E-state index in [2.05, 4.69) is 11.9 Å². The van der Waals surface area contributed by atoms with Gasteiger partial charge in [0, 0.05) is 13.1 Å². The first-order valence-corrected chi connectivity index (χ1v) is 5.60. The van der Waals surface area contributed by atoms with E-state index >= 15 is 0 Å². The number of nitrogens with two attached hydrogens (primary N) is 1. The highest BCUT2D eigenvalue weighted by atomic mass is 16.5. The van der Waals surface area contributed by atoms with Crippen molar-refractivity contribution in [2.45, 2.75) is 13.0 Å². The van der Waals surface area contributed by atoms with E-state index in [1.54, 1.807) is 0 Å². The molecule has 0 aromatic heterocycles. The Morgan fingerprint density at radius 3 is 2.69 bits per heavy atom. The first-order valence-electron chi connectivity index (χ1n) is 5.60. The van der Waals surface area contributed by atoms with Gasteiger partial charge < -0.3 is 15.8 Å². The monoisotopic (exact) mass is 220 g/mol. The fourth-order valence-electron chi connectivity index (χ4n) is 1.31. The summed E-state index contributed by atoms with van der Waals surface area (Å²) < 4.78 is 5.58. The lowest BCUT2D eigenvalue weighted by Gasteiger charge is -2.06. The van der Waals surface area contributed by atoms with E-state index in [1.807, 2.05) is 30.3 Å². The maximum Gasteiger partial charge on any atom is 0.119 e. The Morgan fingerprint density at radius 2 is 2.06 bits per heavy atom. The molecule has 0 spiro atoms. The smallest absolute Gasteiger partial charge is 0.119 e. The lowest BCUT2D eigenvalue weighted by atomic mass is 10.2. The van der Waals surface area contributed by atoms with Gasteiger partial charge in [-0.1, -0.05) is 18.2 Å². The molecule has 0 bridgehead atoms. The quantitative estimate of drug-likeness (QED) is 0.517. The SMILES string of the molecule is C=CCNCCCOc1ccc(CN)cc1. The van der Waals surface area contributed by atoms with Crippen LogP contribution in [0.15, 0.2) is 36.9 Å². The molecule has 3 nitrogen and oxygen atoms in total. The predicted molar refractivity (Wildman–Crippen MR) is 67.5 cm³/mol. The summed E-state index contributed by atoms with van der Waals surface area (Å²) >= 11 is 0. The normalized spacial score (nSPS) is 10.1. The van der Waals surface area contributed by atoms with Crippen molar-refractivity contribution in [3.63, 3.8) is 0 Å². The first kappa shape index (κ1) is 12.7. The van der Waals surface area contributed by atoms with Crippen LogP contribution in [0.1, 0.15) is 12.0 Å². The largest absolute Gasteiger partial charge is 0.494 e. The summed E-state index contributed by atoms with van der Waals surface area (Å²) in [5.74, 6) is 0.904. The van der Waals surface area contributed by atoms with Crippen LogP contribution >= 0.6 is 0 Å². The summed E-state index contributed by atoms with van der Waals surface area (Å²) in [6.45, 7) is 6.75. The van der Waals surface area contributed by atoms with Crippen LogP contribution in [-0.2, 0) is 6.54 Å². The average molecular weight is 220 g/mol. The molecule has 0 radical (unpaired) electrons. The van der Waals surface area contributed by atoms with Gasteiger partial charge >= 0.3 is 0 Å². The summed E-state index contributed by atoms with van der Waals surface area (Å²) in [4.78, 5) is 0. The second-order valence-electron chi connectivity index (χ2n) is 3.54. The molecule has 0 saturated carbocycles. The Balaban J connectivity index is 2.14. The summed E-state index contributed by atoms with van der Waals surface area (Å²) in [5, 5.41) is 3.22. The van der Waals surface area contributed by atoms with E-state index in [9.17, 15) is 0 Å². The predicted octanol–water partition coefficient (Wildman–Crippen LogP) is 1.69. The Labute approximate surface area is 97.3 Å². The zero-order valence-electron chi connectivity index (χ0n) is 9.61. The maximum atomic E-state index is 5.58. The van der Waals surface area contributed by atoms with Gasteiger partial charge in [-0.25, -0.2) is 0 Å². The van der Waals surface area contributed by atoms with E-state index in [0.717, 1.165) is 37.4 Å². The third-order valence-electron chi connectivity index (χ3n) is 2.21. The van der Waals surface area contributed by atoms with Crippen LogP contribution in [0.5, 0.6) is 5.75 Å². The first-order chi connectivity index (χ1) is 7.86. The molecule has 0 amide bonds. The van der Waals surface area contributed by atoms with Crippen LogP contribution in [0.2, 0.25) is 0 Å². The standard InChI is InChI=1S/C13H20N2O/c1-2-8-15-9-3-10-16-13-6-4-12(11-14)5-7-13/h2,4-7,15H,1,3,8-11,14H2. The molecule has 0 heterocycles. The van der Waals surface area contributed by atoms with Crippen molar-refractivity contribution in [1.82, 2.24) is 5.32 Å². The van der Waals surface area contributed by atoms with Gasteiger partial charge in [-0.2, -0.15) is 0 Å². The van der Waals surface area contributed by atoms with E-state index in [0.29, 0.717) is 6.54 Å². The molecular formula is C13H20N2O. The van der Waals surface area contributed by atoms with Gasteiger partial charge in [0.1, 0.15) is 5.75 Å². The van der Waals surface area contributed by atoms with Crippen molar-refractivity contribution >= 4 is 0 Å². The van der Waals surface area contributed by atoms with Crippen molar-refractivity contribution in [1.29, 1.82) is 0 Å². The lowest BCUT2D eigenvalue weighted by Crippen LogP contribution is -2.17. The highest BCUT2D eigenvalue weighted by molar-refractivity contribution is 5.26. The molecule has 1 aromatic rings. The molecule has 3 heteroatoms. The second kappa shape index (κ2) is 7.91. The maximum absolute atomic E-state index is 5.58. The average Bonchev–Trinajstić information content (AvgIpc) is 2.34.